The third-order valence-corrected chi connectivity index (χ3v) is 7.34. The van der Waals surface area contributed by atoms with Crippen molar-refractivity contribution in [1.82, 2.24) is 5.32 Å². The standard InChI is InChI=1S/C21H27NO2Se/c1-4-24-21(23)19(22-15-17-11-7-5-8-12-17)20(16(2)3)25-18-13-9-6-10-14-18/h5-14,16,19-20,22H,4,15H2,1-3H3. The van der Waals surface area contributed by atoms with Crippen LogP contribution in [0.25, 0.3) is 0 Å². The summed E-state index contributed by atoms with van der Waals surface area (Å²) in [5, 5.41) is 3.46. The molecule has 2 unspecified atom stereocenters. The van der Waals surface area contributed by atoms with Crippen molar-refractivity contribution in [2.75, 3.05) is 6.61 Å². The Hall–Kier alpha value is -1.61. The molecule has 1 N–H and O–H groups in total. The fourth-order valence-corrected chi connectivity index (χ4v) is 5.24. The van der Waals surface area contributed by atoms with Crippen LogP contribution in [0.1, 0.15) is 26.3 Å². The fourth-order valence-electron chi connectivity index (χ4n) is 2.63. The molecule has 0 aromatic heterocycles. The predicted molar refractivity (Wildman–Crippen MR) is 104 cm³/mol. The van der Waals surface area contributed by atoms with Crippen molar-refractivity contribution in [3.63, 3.8) is 0 Å². The van der Waals surface area contributed by atoms with Gasteiger partial charge in [-0.15, -0.1) is 0 Å². The first-order chi connectivity index (χ1) is 12.1. The first-order valence-corrected chi connectivity index (χ1v) is 10.6. The van der Waals surface area contributed by atoms with E-state index in [4.69, 9.17) is 4.74 Å². The molecule has 0 radical (unpaired) electrons. The number of rotatable bonds is 9. The normalized spacial score (nSPS) is 13.4. The molecule has 4 heteroatoms. The molecule has 2 aromatic rings. The van der Waals surface area contributed by atoms with Crippen LogP contribution < -0.4 is 9.78 Å². The Kier molecular flexibility index (Phi) is 8.20. The van der Waals surface area contributed by atoms with Crippen molar-refractivity contribution in [1.29, 1.82) is 0 Å². The van der Waals surface area contributed by atoms with E-state index in [9.17, 15) is 4.79 Å². The zero-order chi connectivity index (χ0) is 18.1. The average molecular weight is 404 g/mol. The summed E-state index contributed by atoms with van der Waals surface area (Å²) < 4.78 is 6.68. The molecule has 2 aromatic carbocycles. The van der Waals surface area contributed by atoms with Gasteiger partial charge >= 0.3 is 157 Å². The van der Waals surface area contributed by atoms with Gasteiger partial charge in [0.25, 0.3) is 0 Å². The van der Waals surface area contributed by atoms with Crippen LogP contribution in [0.3, 0.4) is 0 Å². The second kappa shape index (κ2) is 10.4. The number of benzene rings is 2. The van der Waals surface area contributed by atoms with Crippen LogP contribution in [0.15, 0.2) is 60.7 Å². The third-order valence-electron chi connectivity index (χ3n) is 3.91. The monoisotopic (exact) mass is 405 g/mol. The second-order valence-electron chi connectivity index (χ2n) is 6.24. The number of hydrogen-bond acceptors (Lipinski definition) is 3. The maximum absolute atomic E-state index is 12.6. The van der Waals surface area contributed by atoms with Crippen LogP contribution in [-0.4, -0.2) is 33.6 Å². The Morgan fingerprint density at radius 1 is 1.04 bits per heavy atom. The van der Waals surface area contributed by atoms with E-state index in [2.05, 4.69) is 55.6 Å². The first-order valence-electron chi connectivity index (χ1n) is 8.77. The van der Waals surface area contributed by atoms with E-state index in [1.165, 1.54) is 10.0 Å². The molecule has 0 aliphatic heterocycles. The SMILES string of the molecule is CCOC(=O)C(NCc1ccccc1)C([Se]c1ccccc1)C(C)C. The summed E-state index contributed by atoms with van der Waals surface area (Å²) in [7, 11) is 0. The number of hydrogen-bond donors (Lipinski definition) is 1. The average Bonchev–Trinajstić information content (AvgIpc) is 2.63. The molecule has 2 rings (SSSR count). The molecule has 25 heavy (non-hydrogen) atoms. The predicted octanol–water partition coefficient (Wildman–Crippen LogP) is 3.18. The van der Waals surface area contributed by atoms with Gasteiger partial charge in [0.15, 0.2) is 0 Å². The van der Waals surface area contributed by atoms with E-state index >= 15 is 0 Å². The molecule has 0 bridgehead atoms. The Morgan fingerprint density at radius 3 is 2.20 bits per heavy atom. The summed E-state index contributed by atoms with van der Waals surface area (Å²) in [6.45, 7) is 7.31. The number of nitrogens with one attached hydrogen (secondary N) is 1. The molecule has 0 spiro atoms. The van der Waals surface area contributed by atoms with Crippen LogP contribution in [0.2, 0.25) is 4.82 Å². The molecule has 0 heterocycles. The molecule has 3 nitrogen and oxygen atoms in total. The van der Waals surface area contributed by atoms with Gasteiger partial charge in [0.1, 0.15) is 0 Å². The van der Waals surface area contributed by atoms with Gasteiger partial charge in [-0.05, 0) is 0 Å². The van der Waals surface area contributed by atoms with Crippen molar-refractivity contribution >= 4 is 25.4 Å². The zero-order valence-electron chi connectivity index (χ0n) is 15.1. The molecule has 0 amide bonds. The summed E-state index contributed by atoms with van der Waals surface area (Å²) >= 11 is 0.191. The third kappa shape index (κ3) is 6.32. The van der Waals surface area contributed by atoms with Gasteiger partial charge in [0.2, 0.25) is 0 Å². The van der Waals surface area contributed by atoms with E-state index in [1.54, 1.807) is 0 Å². The quantitative estimate of drug-likeness (QED) is 0.515. The summed E-state index contributed by atoms with van der Waals surface area (Å²) in [6, 6.07) is 20.3. The van der Waals surface area contributed by atoms with Crippen molar-refractivity contribution in [2.24, 2.45) is 5.92 Å². The molecule has 0 aliphatic rings. The second-order valence-corrected chi connectivity index (χ2v) is 8.86. The van der Waals surface area contributed by atoms with Crippen LogP contribution in [-0.2, 0) is 16.1 Å². The summed E-state index contributed by atoms with van der Waals surface area (Å²) in [5.41, 5.74) is 1.17. The number of carbonyl (C=O) groups excluding carboxylic acids is 1. The molecule has 2 atom stereocenters. The van der Waals surface area contributed by atoms with Gasteiger partial charge in [-0.1, -0.05) is 0 Å². The van der Waals surface area contributed by atoms with Gasteiger partial charge in [0.05, 0.1) is 0 Å². The van der Waals surface area contributed by atoms with E-state index in [0.29, 0.717) is 19.1 Å². The van der Waals surface area contributed by atoms with Crippen molar-refractivity contribution in [2.45, 2.75) is 38.2 Å². The Labute approximate surface area is 157 Å². The van der Waals surface area contributed by atoms with Crippen molar-refractivity contribution in [3.8, 4) is 0 Å². The van der Waals surface area contributed by atoms with E-state index in [-0.39, 0.29) is 31.8 Å². The van der Waals surface area contributed by atoms with Gasteiger partial charge in [-0.3, -0.25) is 0 Å². The molecule has 0 fully saturated rings. The molecule has 0 aliphatic carbocycles. The minimum absolute atomic E-state index is 0.144. The van der Waals surface area contributed by atoms with Crippen LogP contribution >= 0.6 is 0 Å². The maximum atomic E-state index is 12.6. The fraction of sp³-hybridized carbons (Fsp3) is 0.381. The van der Waals surface area contributed by atoms with Gasteiger partial charge in [0, 0.05) is 0 Å². The first kappa shape index (κ1) is 19.7. The molecule has 0 saturated heterocycles. The summed E-state index contributed by atoms with van der Waals surface area (Å²) in [4.78, 5) is 12.9. The Morgan fingerprint density at radius 2 is 1.64 bits per heavy atom. The van der Waals surface area contributed by atoms with E-state index in [0.717, 1.165) is 0 Å². The van der Waals surface area contributed by atoms with Crippen molar-refractivity contribution in [3.05, 3.63) is 66.2 Å². The van der Waals surface area contributed by atoms with Crippen molar-refractivity contribution < 1.29 is 9.53 Å². The number of esters is 1. The molecular formula is C21H27NO2Se. The summed E-state index contributed by atoms with van der Waals surface area (Å²) in [5.74, 6) is 0.243. The van der Waals surface area contributed by atoms with E-state index in [1.807, 2.05) is 31.2 Å². The summed E-state index contributed by atoms with van der Waals surface area (Å²) in [6.07, 6.45) is 0. The Balaban J connectivity index is 2.16. The van der Waals surface area contributed by atoms with Gasteiger partial charge < -0.3 is 0 Å². The van der Waals surface area contributed by atoms with Crippen LogP contribution in [0, 0.1) is 5.92 Å². The zero-order valence-corrected chi connectivity index (χ0v) is 16.9. The van der Waals surface area contributed by atoms with E-state index < -0.39 is 0 Å². The Bertz CT molecular complexity index is 631. The number of ether oxygens (including phenoxy) is 1. The topological polar surface area (TPSA) is 38.3 Å². The van der Waals surface area contributed by atoms with Crippen LogP contribution in [0.5, 0.6) is 0 Å². The molecular weight excluding hydrogens is 377 g/mol. The minimum atomic E-state index is -0.291. The van der Waals surface area contributed by atoms with Gasteiger partial charge in [-0.25, -0.2) is 0 Å². The molecule has 0 saturated carbocycles. The number of carbonyl (C=O) groups is 1. The van der Waals surface area contributed by atoms with Gasteiger partial charge in [-0.2, -0.15) is 0 Å². The van der Waals surface area contributed by atoms with Crippen LogP contribution in [0.4, 0.5) is 0 Å². The molecule has 134 valence electrons.